The van der Waals surface area contributed by atoms with Gasteiger partial charge in [-0.2, -0.15) is 4.98 Å². The topological polar surface area (TPSA) is 109 Å². The van der Waals surface area contributed by atoms with E-state index in [1.165, 1.54) is 11.2 Å². The number of aromatic amines is 1. The lowest BCUT2D eigenvalue weighted by atomic mass is 10.1. The van der Waals surface area contributed by atoms with Crippen molar-refractivity contribution in [3.8, 4) is 17.3 Å². The Morgan fingerprint density at radius 2 is 2.18 bits per heavy atom. The number of carbonyl (C=O) groups is 1. The van der Waals surface area contributed by atoms with E-state index in [2.05, 4.69) is 25.5 Å². The number of nitrogens with one attached hydrogen (secondary N) is 2. The summed E-state index contributed by atoms with van der Waals surface area (Å²) >= 11 is 0. The Morgan fingerprint density at radius 1 is 1.29 bits per heavy atom. The number of ether oxygens (including phenoxy) is 1. The molecule has 0 aliphatic carbocycles. The van der Waals surface area contributed by atoms with Crippen molar-refractivity contribution in [2.45, 2.75) is 6.54 Å². The predicted molar refractivity (Wildman–Crippen MR) is 103 cm³/mol. The summed E-state index contributed by atoms with van der Waals surface area (Å²) in [6.07, 6.45) is 3.25. The molecule has 0 saturated carbocycles. The minimum atomic E-state index is -0.335. The molecule has 28 heavy (non-hydrogen) atoms. The van der Waals surface area contributed by atoms with Gasteiger partial charge in [0.1, 0.15) is 11.3 Å². The Labute approximate surface area is 160 Å². The number of nitrogens with zero attached hydrogens (tertiary/aromatic N) is 4. The molecule has 0 aliphatic heterocycles. The smallest absolute Gasteiger partial charge is 0.324 e. The van der Waals surface area contributed by atoms with Gasteiger partial charge >= 0.3 is 6.03 Å². The van der Waals surface area contributed by atoms with Crippen molar-refractivity contribution in [1.82, 2.24) is 25.1 Å². The molecule has 0 fully saturated rings. The van der Waals surface area contributed by atoms with Crippen LogP contribution in [0.5, 0.6) is 5.75 Å². The van der Waals surface area contributed by atoms with Crippen LogP contribution in [0.4, 0.5) is 10.7 Å². The van der Waals surface area contributed by atoms with E-state index >= 15 is 0 Å². The molecule has 2 amide bonds. The number of carbonyl (C=O) groups excluding carboxylic acids is 1. The number of amides is 2. The fourth-order valence-electron chi connectivity index (χ4n) is 2.87. The summed E-state index contributed by atoms with van der Waals surface area (Å²) in [7, 11) is 3.30. The number of benzene rings is 1. The van der Waals surface area contributed by atoms with Crippen molar-refractivity contribution >= 4 is 22.9 Å². The molecule has 3 heterocycles. The van der Waals surface area contributed by atoms with Gasteiger partial charge in [0, 0.05) is 25.2 Å². The molecule has 1 aromatic carbocycles. The first-order chi connectivity index (χ1) is 13.7. The first-order valence-corrected chi connectivity index (χ1v) is 8.54. The number of rotatable bonds is 5. The van der Waals surface area contributed by atoms with Gasteiger partial charge in [0.2, 0.25) is 0 Å². The highest BCUT2D eigenvalue weighted by atomic mass is 16.5. The molecule has 9 heteroatoms. The Balaban J connectivity index is 1.49. The number of aromatic nitrogens is 4. The molecule has 0 aliphatic rings. The molecule has 0 radical (unpaired) electrons. The van der Waals surface area contributed by atoms with Crippen molar-refractivity contribution in [3.63, 3.8) is 0 Å². The van der Waals surface area contributed by atoms with Crippen LogP contribution in [0.15, 0.2) is 53.3 Å². The Hall–Kier alpha value is -3.88. The fraction of sp³-hybridized carbons (Fsp3) is 0.158. The zero-order valence-corrected chi connectivity index (χ0v) is 15.3. The van der Waals surface area contributed by atoms with E-state index in [4.69, 9.17) is 9.15 Å². The fourth-order valence-corrected chi connectivity index (χ4v) is 2.87. The molecular formula is C19H18N6O3. The van der Waals surface area contributed by atoms with E-state index in [-0.39, 0.29) is 12.0 Å². The van der Waals surface area contributed by atoms with Crippen LogP contribution < -0.4 is 10.1 Å². The summed E-state index contributed by atoms with van der Waals surface area (Å²) in [6, 6.07) is 10.7. The van der Waals surface area contributed by atoms with Gasteiger partial charge in [-0.15, -0.1) is 5.10 Å². The van der Waals surface area contributed by atoms with Gasteiger partial charge in [0.05, 0.1) is 13.4 Å². The highest BCUT2D eigenvalue weighted by molar-refractivity contribution is 5.89. The summed E-state index contributed by atoms with van der Waals surface area (Å²) in [5, 5.41) is 10.3. The van der Waals surface area contributed by atoms with Gasteiger partial charge in [0.25, 0.3) is 5.95 Å². The maximum atomic E-state index is 12.5. The lowest BCUT2D eigenvalue weighted by Crippen LogP contribution is -2.31. The maximum absolute atomic E-state index is 12.5. The molecule has 4 rings (SSSR count). The van der Waals surface area contributed by atoms with Gasteiger partial charge in [0.15, 0.2) is 11.6 Å². The molecule has 0 spiro atoms. The van der Waals surface area contributed by atoms with E-state index < -0.39 is 0 Å². The maximum Gasteiger partial charge on any atom is 0.324 e. The summed E-state index contributed by atoms with van der Waals surface area (Å²) in [4.78, 5) is 22.7. The normalized spacial score (nSPS) is 10.8. The van der Waals surface area contributed by atoms with Gasteiger partial charge in [-0.05, 0) is 29.8 Å². The van der Waals surface area contributed by atoms with Crippen molar-refractivity contribution in [2.75, 3.05) is 19.5 Å². The van der Waals surface area contributed by atoms with Crippen molar-refractivity contribution in [3.05, 3.63) is 54.4 Å². The second-order valence-corrected chi connectivity index (χ2v) is 6.10. The minimum absolute atomic E-state index is 0.171. The van der Waals surface area contributed by atoms with Crippen LogP contribution in [-0.2, 0) is 6.54 Å². The number of fused-ring (bicyclic) bond motifs is 1. The Bertz CT molecular complexity index is 1110. The summed E-state index contributed by atoms with van der Waals surface area (Å²) in [6.45, 7) is 0.382. The molecule has 2 N–H and O–H groups in total. The van der Waals surface area contributed by atoms with Crippen molar-refractivity contribution in [1.29, 1.82) is 0 Å². The first kappa shape index (κ1) is 17.5. The molecule has 0 saturated heterocycles. The number of pyridine rings is 1. The first-order valence-electron chi connectivity index (χ1n) is 8.54. The largest absolute Gasteiger partial charge is 0.494 e. The van der Waals surface area contributed by atoms with Gasteiger partial charge in [-0.3, -0.25) is 15.4 Å². The van der Waals surface area contributed by atoms with Crippen molar-refractivity contribution in [2.24, 2.45) is 0 Å². The van der Waals surface area contributed by atoms with Crippen LogP contribution >= 0.6 is 0 Å². The third-order valence-electron chi connectivity index (χ3n) is 4.26. The highest BCUT2D eigenvalue weighted by Gasteiger charge is 2.16. The molecule has 142 valence electrons. The van der Waals surface area contributed by atoms with Crippen molar-refractivity contribution < 1.29 is 13.9 Å². The average Bonchev–Trinajstić information content (AvgIpc) is 3.40. The molecule has 0 atom stereocenters. The molecule has 0 bridgehead atoms. The van der Waals surface area contributed by atoms with Crippen LogP contribution in [0.25, 0.3) is 22.5 Å². The molecule has 4 aromatic rings. The van der Waals surface area contributed by atoms with E-state index in [1.54, 1.807) is 32.5 Å². The number of anilines is 1. The Morgan fingerprint density at radius 3 is 2.96 bits per heavy atom. The number of furan rings is 1. The van der Waals surface area contributed by atoms with E-state index in [0.717, 1.165) is 16.5 Å². The average molecular weight is 378 g/mol. The monoisotopic (exact) mass is 378 g/mol. The van der Waals surface area contributed by atoms with E-state index in [0.29, 0.717) is 23.9 Å². The molecular weight excluding hydrogens is 360 g/mol. The van der Waals surface area contributed by atoms with Gasteiger partial charge < -0.3 is 14.1 Å². The van der Waals surface area contributed by atoms with E-state index in [1.807, 2.05) is 24.3 Å². The standard InChI is InChI=1S/C19H18N6O3/c1-25(11-12-7-8-14(27-2)16-13(12)5-3-9-20-16)19(26)22-18-21-17(23-24-18)15-6-4-10-28-15/h3-10H,11H2,1-2H3,(H2,21,22,23,24,26). The summed E-state index contributed by atoms with van der Waals surface area (Å²) < 4.78 is 10.6. The predicted octanol–water partition coefficient (Wildman–Crippen LogP) is 3.29. The van der Waals surface area contributed by atoms with Crippen LogP contribution in [0.1, 0.15) is 5.56 Å². The SMILES string of the molecule is COc1ccc(CN(C)C(=O)Nc2n[nH]c(-c3ccco3)n2)c2cccnc12. The van der Waals surface area contributed by atoms with Gasteiger partial charge in [-0.1, -0.05) is 12.1 Å². The molecule has 0 unspecified atom stereocenters. The minimum Gasteiger partial charge on any atom is -0.494 e. The molecule has 9 nitrogen and oxygen atoms in total. The Kier molecular flexibility index (Phi) is 4.63. The number of methoxy groups -OCH3 is 1. The van der Waals surface area contributed by atoms with Crippen LogP contribution in [0.2, 0.25) is 0 Å². The summed E-state index contributed by atoms with van der Waals surface area (Å²) in [5.41, 5.74) is 1.71. The van der Waals surface area contributed by atoms with Crippen LogP contribution in [0, 0.1) is 0 Å². The number of hydrogen-bond donors (Lipinski definition) is 2. The highest BCUT2D eigenvalue weighted by Crippen LogP contribution is 2.27. The van der Waals surface area contributed by atoms with Crippen LogP contribution in [-0.4, -0.2) is 45.3 Å². The molecule has 3 aromatic heterocycles. The third-order valence-corrected chi connectivity index (χ3v) is 4.26. The lowest BCUT2D eigenvalue weighted by Gasteiger charge is -2.18. The van der Waals surface area contributed by atoms with Gasteiger partial charge in [-0.25, -0.2) is 4.79 Å². The summed E-state index contributed by atoms with van der Waals surface area (Å²) in [5.74, 6) is 1.84. The number of H-pyrrole nitrogens is 1. The third kappa shape index (κ3) is 3.37. The zero-order valence-electron chi connectivity index (χ0n) is 15.3. The van der Waals surface area contributed by atoms with Crippen LogP contribution in [0.3, 0.4) is 0 Å². The lowest BCUT2D eigenvalue weighted by molar-refractivity contribution is 0.220. The number of urea groups is 1. The van der Waals surface area contributed by atoms with E-state index in [9.17, 15) is 4.79 Å². The quantitative estimate of drug-likeness (QED) is 0.551. The zero-order chi connectivity index (χ0) is 19.5. The number of hydrogen-bond acceptors (Lipinski definition) is 6. The second kappa shape index (κ2) is 7.39. The second-order valence-electron chi connectivity index (χ2n) is 6.10.